The smallest absolute Gasteiger partial charge is 0.127 e. The van der Waals surface area contributed by atoms with Crippen molar-refractivity contribution in [3.05, 3.63) is 28.6 Å². The van der Waals surface area contributed by atoms with Gasteiger partial charge in [0, 0.05) is 5.39 Å². The van der Waals surface area contributed by atoms with Crippen LogP contribution in [0.2, 0.25) is 0 Å². The topological polar surface area (TPSA) is 12.9 Å². The Morgan fingerprint density at radius 3 is 3.09 bits per heavy atom. The Bertz CT molecular complexity index is 398. The van der Waals surface area contributed by atoms with Crippen LogP contribution < -0.4 is 0 Å². The van der Waals surface area contributed by atoms with Crippen LogP contribution in [0.25, 0.3) is 10.1 Å². The van der Waals surface area contributed by atoms with Crippen molar-refractivity contribution in [3.63, 3.8) is 0 Å². The third kappa shape index (κ3) is 1.16. The lowest BCUT2D eigenvalue weighted by Gasteiger charge is -1.87. The lowest BCUT2D eigenvalue weighted by atomic mass is 10.3. The van der Waals surface area contributed by atoms with Crippen LogP contribution in [0.5, 0.6) is 0 Å². The molecule has 11 heavy (non-hydrogen) atoms. The number of rotatable bonds is 0. The first-order chi connectivity index (χ1) is 5.27. The second kappa shape index (κ2) is 2.53. The summed E-state index contributed by atoms with van der Waals surface area (Å²) in [5.41, 5.74) is 0. The average molecular weight is 232 g/mol. The molecule has 2 aromatic rings. The van der Waals surface area contributed by atoms with Crippen LogP contribution in [0.15, 0.2) is 22.8 Å². The van der Waals surface area contributed by atoms with E-state index in [1.807, 2.05) is 0 Å². The van der Waals surface area contributed by atoms with Crippen molar-refractivity contribution in [1.82, 2.24) is 4.37 Å². The summed E-state index contributed by atoms with van der Waals surface area (Å²) in [5, 5.41) is 0.843. The van der Waals surface area contributed by atoms with Crippen molar-refractivity contribution in [2.45, 2.75) is 0 Å². The highest BCUT2D eigenvalue weighted by molar-refractivity contribution is 9.10. The molecular weight excluding hydrogens is 229 g/mol. The number of halogens is 2. The monoisotopic (exact) mass is 231 g/mol. The summed E-state index contributed by atoms with van der Waals surface area (Å²) in [5.74, 6) is -0.224. The maximum Gasteiger partial charge on any atom is 0.127 e. The second-order valence-electron chi connectivity index (χ2n) is 2.11. The van der Waals surface area contributed by atoms with Gasteiger partial charge in [0.15, 0.2) is 0 Å². The Hall–Kier alpha value is -0.480. The summed E-state index contributed by atoms with van der Waals surface area (Å²) in [7, 11) is 0. The van der Waals surface area contributed by atoms with Gasteiger partial charge in [0.05, 0.1) is 4.70 Å². The third-order valence-corrected chi connectivity index (χ3v) is 3.05. The standard InChI is InChI=1S/C7H3BrFNS/c8-7-5-3-4(9)1-2-6(5)11-10-7/h1-3H. The van der Waals surface area contributed by atoms with Gasteiger partial charge in [0.25, 0.3) is 0 Å². The number of hydrogen-bond donors (Lipinski definition) is 0. The molecule has 1 aromatic carbocycles. The number of nitrogens with zero attached hydrogens (tertiary/aromatic N) is 1. The van der Waals surface area contributed by atoms with Gasteiger partial charge < -0.3 is 0 Å². The second-order valence-corrected chi connectivity index (χ2v) is 3.67. The van der Waals surface area contributed by atoms with Gasteiger partial charge in [0.1, 0.15) is 10.4 Å². The number of hydrogen-bond acceptors (Lipinski definition) is 2. The fraction of sp³-hybridized carbons (Fsp3) is 0. The first-order valence-electron chi connectivity index (χ1n) is 2.98. The first kappa shape index (κ1) is 7.18. The molecule has 1 heterocycles. The summed E-state index contributed by atoms with van der Waals surface area (Å²) in [6.45, 7) is 0. The van der Waals surface area contributed by atoms with E-state index in [9.17, 15) is 4.39 Å². The highest BCUT2D eigenvalue weighted by atomic mass is 79.9. The van der Waals surface area contributed by atoms with Gasteiger partial charge in [-0.3, -0.25) is 0 Å². The minimum Gasteiger partial charge on any atom is -0.207 e. The van der Waals surface area contributed by atoms with Crippen molar-refractivity contribution < 1.29 is 4.39 Å². The largest absolute Gasteiger partial charge is 0.207 e. The van der Waals surface area contributed by atoms with E-state index >= 15 is 0 Å². The van der Waals surface area contributed by atoms with E-state index in [1.54, 1.807) is 6.07 Å². The Labute approximate surface area is 75.1 Å². The number of benzene rings is 1. The zero-order valence-electron chi connectivity index (χ0n) is 5.34. The predicted octanol–water partition coefficient (Wildman–Crippen LogP) is 3.20. The normalized spacial score (nSPS) is 10.7. The van der Waals surface area contributed by atoms with Gasteiger partial charge in [-0.1, -0.05) is 0 Å². The lowest BCUT2D eigenvalue weighted by molar-refractivity contribution is 0.630. The molecule has 56 valence electrons. The van der Waals surface area contributed by atoms with Gasteiger partial charge in [-0.15, -0.1) is 0 Å². The minimum atomic E-state index is -0.224. The van der Waals surface area contributed by atoms with Crippen molar-refractivity contribution in [1.29, 1.82) is 0 Å². The zero-order valence-corrected chi connectivity index (χ0v) is 7.75. The highest BCUT2D eigenvalue weighted by Crippen LogP contribution is 2.26. The van der Waals surface area contributed by atoms with Crippen LogP contribution >= 0.6 is 27.5 Å². The molecule has 0 N–H and O–H groups in total. The molecule has 0 spiro atoms. The molecule has 0 bridgehead atoms. The van der Waals surface area contributed by atoms with Crippen LogP contribution in [-0.2, 0) is 0 Å². The molecule has 1 aromatic heterocycles. The summed E-state index contributed by atoms with van der Waals surface area (Å²) in [6.07, 6.45) is 0. The molecule has 0 radical (unpaired) electrons. The molecule has 0 aliphatic rings. The summed E-state index contributed by atoms with van der Waals surface area (Å²) < 4.78 is 18.4. The van der Waals surface area contributed by atoms with Crippen molar-refractivity contribution in [2.75, 3.05) is 0 Å². The molecule has 2 rings (SSSR count). The van der Waals surface area contributed by atoms with Crippen LogP contribution in [0.4, 0.5) is 4.39 Å². The summed E-state index contributed by atoms with van der Waals surface area (Å²) in [4.78, 5) is 0. The predicted molar refractivity (Wildman–Crippen MR) is 47.3 cm³/mol. The van der Waals surface area contributed by atoms with Gasteiger partial charge >= 0.3 is 0 Å². The third-order valence-electron chi connectivity index (χ3n) is 1.39. The van der Waals surface area contributed by atoms with E-state index in [0.29, 0.717) is 0 Å². The maximum atomic E-state index is 12.7. The molecule has 1 nitrogen and oxygen atoms in total. The van der Waals surface area contributed by atoms with Gasteiger partial charge in [-0.05, 0) is 45.7 Å². The van der Waals surface area contributed by atoms with E-state index in [-0.39, 0.29) is 5.82 Å². The van der Waals surface area contributed by atoms with E-state index < -0.39 is 0 Å². The van der Waals surface area contributed by atoms with Crippen molar-refractivity contribution in [3.8, 4) is 0 Å². The van der Waals surface area contributed by atoms with Gasteiger partial charge in [-0.25, -0.2) is 4.39 Å². The van der Waals surface area contributed by atoms with Crippen LogP contribution in [-0.4, -0.2) is 4.37 Å². The molecule has 0 atom stereocenters. The average Bonchev–Trinajstić information content (AvgIpc) is 2.33. The Balaban J connectivity index is 2.87. The van der Waals surface area contributed by atoms with Crippen LogP contribution in [0.3, 0.4) is 0 Å². The molecule has 0 aliphatic carbocycles. The van der Waals surface area contributed by atoms with E-state index in [4.69, 9.17) is 0 Å². The molecule has 0 fully saturated rings. The molecule has 0 unspecified atom stereocenters. The maximum absolute atomic E-state index is 12.7. The molecule has 0 amide bonds. The highest BCUT2D eigenvalue weighted by Gasteiger charge is 2.02. The quantitative estimate of drug-likeness (QED) is 0.679. The molecule has 0 saturated heterocycles. The summed E-state index contributed by atoms with van der Waals surface area (Å²) >= 11 is 4.59. The Morgan fingerprint density at radius 1 is 1.45 bits per heavy atom. The fourth-order valence-electron chi connectivity index (χ4n) is 0.881. The summed E-state index contributed by atoms with van der Waals surface area (Å²) in [6, 6.07) is 4.64. The van der Waals surface area contributed by atoms with E-state index in [1.165, 1.54) is 23.7 Å². The van der Waals surface area contributed by atoms with Gasteiger partial charge in [-0.2, -0.15) is 4.37 Å². The number of aromatic nitrogens is 1. The SMILES string of the molecule is Fc1ccc2snc(Br)c2c1. The Kier molecular flexibility index (Phi) is 1.65. The zero-order chi connectivity index (χ0) is 7.84. The fourth-order valence-corrected chi connectivity index (χ4v) is 2.22. The first-order valence-corrected chi connectivity index (χ1v) is 4.54. The molecule has 0 aliphatic heterocycles. The molecule has 4 heteroatoms. The number of fused-ring (bicyclic) bond motifs is 1. The van der Waals surface area contributed by atoms with E-state index in [0.717, 1.165) is 14.7 Å². The van der Waals surface area contributed by atoms with E-state index in [2.05, 4.69) is 20.3 Å². The van der Waals surface area contributed by atoms with Crippen LogP contribution in [0, 0.1) is 5.82 Å². The molecule has 0 saturated carbocycles. The van der Waals surface area contributed by atoms with Crippen LogP contribution in [0.1, 0.15) is 0 Å². The van der Waals surface area contributed by atoms with Crippen molar-refractivity contribution >= 4 is 37.5 Å². The lowest BCUT2D eigenvalue weighted by Crippen LogP contribution is -1.70. The van der Waals surface area contributed by atoms with Gasteiger partial charge in [0.2, 0.25) is 0 Å². The molecular formula is C7H3BrFNS. The minimum absolute atomic E-state index is 0.224. The Morgan fingerprint density at radius 2 is 2.27 bits per heavy atom. The van der Waals surface area contributed by atoms with Crippen molar-refractivity contribution in [2.24, 2.45) is 0 Å².